The molecule has 7 heteroatoms. The van der Waals surface area contributed by atoms with Crippen molar-refractivity contribution in [3.63, 3.8) is 0 Å². The molecule has 0 saturated heterocycles. The van der Waals surface area contributed by atoms with Crippen LogP contribution in [0.4, 0.5) is 0 Å². The van der Waals surface area contributed by atoms with Crippen LogP contribution in [0.1, 0.15) is 52.5 Å². The smallest absolute Gasteiger partial charge is 0.265 e. The van der Waals surface area contributed by atoms with Gasteiger partial charge in [0.2, 0.25) is 5.71 Å². The molecule has 1 N–H and O–H groups in total. The molecule has 1 aliphatic carbocycles. The van der Waals surface area contributed by atoms with E-state index in [1.54, 1.807) is 14.0 Å². The summed E-state index contributed by atoms with van der Waals surface area (Å²) in [5.41, 5.74) is 2.62. The molecule has 0 aliphatic heterocycles. The highest BCUT2D eigenvalue weighted by Gasteiger charge is 2.27. The average Bonchev–Trinajstić information content (AvgIpc) is 3.07. The van der Waals surface area contributed by atoms with E-state index in [1.807, 2.05) is 12.1 Å². The number of carbonyl (C=O) groups excluding carboxylic acids is 1. The predicted octanol–water partition coefficient (Wildman–Crippen LogP) is 3.14. The van der Waals surface area contributed by atoms with E-state index in [9.17, 15) is 9.59 Å². The molecule has 3 aromatic rings. The molecule has 4 rings (SSSR count). The molecule has 7 nitrogen and oxygen atoms in total. The number of furan rings is 1. The highest BCUT2D eigenvalue weighted by atomic mass is 16.5. The van der Waals surface area contributed by atoms with Crippen LogP contribution >= 0.6 is 0 Å². The van der Waals surface area contributed by atoms with Crippen molar-refractivity contribution >= 4 is 17.0 Å². The van der Waals surface area contributed by atoms with Gasteiger partial charge in [0.05, 0.1) is 11.6 Å². The third-order valence-electron chi connectivity index (χ3n) is 5.50. The fourth-order valence-electron chi connectivity index (χ4n) is 4.08. The van der Waals surface area contributed by atoms with Gasteiger partial charge in [0.15, 0.2) is 0 Å². The summed E-state index contributed by atoms with van der Waals surface area (Å²) in [6.07, 6.45) is 5.05. The Labute approximate surface area is 168 Å². The van der Waals surface area contributed by atoms with Crippen molar-refractivity contribution in [1.29, 1.82) is 0 Å². The number of nitrogens with one attached hydrogen (secondary N) is 1. The number of hydrogen-bond donors (Lipinski definition) is 1. The molecule has 1 unspecified atom stereocenters. The quantitative estimate of drug-likeness (QED) is 0.648. The molecule has 0 saturated carbocycles. The molecule has 0 bridgehead atoms. The molecule has 29 heavy (non-hydrogen) atoms. The average molecular weight is 395 g/mol. The van der Waals surface area contributed by atoms with Crippen LogP contribution in [0.5, 0.6) is 0 Å². The Morgan fingerprint density at radius 3 is 3.03 bits per heavy atom. The second-order valence-electron chi connectivity index (χ2n) is 7.42. The van der Waals surface area contributed by atoms with Crippen molar-refractivity contribution in [2.75, 3.05) is 13.7 Å². The third-order valence-corrected chi connectivity index (χ3v) is 5.50. The molecule has 1 atom stereocenters. The number of nitrogens with zero attached hydrogens (tertiary/aromatic N) is 2. The molecule has 0 fully saturated rings. The van der Waals surface area contributed by atoms with E-state index in [0.717, 1.165) is 24.8 Å². The standard InChI is InChI=1S/C22H25N3O4/c1-14-18(19-21(29-14)23-13-25(22(19)27)11-6-12-28-2)20(26)24-17-10-5-8-15-7-3-4-9-16(15)17/h3-4,7,9,13,17H,5-6,8,10-12H2,1-2H3,(H,24,26). The van der Waals surface area contributed by atoms with Gasteiger partial charge in [-0.25, -0.2) is 4.98 Å². The first-order chi connectivity index (χ1) is 14.1. The van der Waals surface area contributed by atoms with Gasteiger partial charge in [0, 0.05) is 20.3 Å². The van der Waals surface area contributed by atoms with Crippen molar-refractivity contribution in [2.24, 2.45) is 0 Å². The Morgan fingerprint density at radius 2 is 2.21 bits per heavy atom. The summed E-state index contributed by atoms with van der Waals surface area (Å²) in [5, 5.41) is 3.35. The molecular weight excluding hydrogens is 370 g/mol. The summed E-state index contributed by atoms with van der Waals surface area (Å²) >= 11 is 0. The van der Waals surface area contributed by atoms with Crippen LogP contribution in [0.15, 0.2) is 39.8 Å². The lowest BCUT2D eigenvalue weighted by Crippen LogP contribution is -2.32. The van der Waals surface area contributed by atoms with Crippen molar-refractivity contribution in [3.05, 3.63) is 63.4 Å². The maximum Gasteiger partial charge on any atom is 0.265 e. The number of rotatable bonds is 6. The Kier molecular flexibility index (Phi) is 5.49. The molecule has 1 aliphatic rings. The zero-order chi connectivity index (χ0) is 20.4. The minimum absolute atomic E-state index is 0.0719. The van der Waals surface area contributed by atoms with Crippen molar-refractivity contribution in [2.45, 2.75) is 45.2 Å². The number of benzene rings is 1. The van der Waals surface area contributed by atoms with E-state index in [-0.39, 0.29) is 34.2 Å². The summed E-state index contributed by atoms with van der Waals surface area (Å²) in [4.78, 5) is 30.4. The zero-order valence-corrected chi connectivity index (χ0v) is 16.7. The van der Waals surface area contributed by atoms with Gasteiger partial charge in [-0.15, -0.1) is 0 Å². The monoisotopic (exact) mass is 395 g/mol. The fraction of sp³-hybridized carbons (Fsp3) is 0.409. The number of methoxy groups -OCH3 is 1. The van der Waals surface area contributed by atoms with E-state index in [1.165, 1.54) is 16.5 Å². The van der Waals surface area contributed by atoms with Gasteiger partial charge in [-0.2, -0.15) is 0 Å². The summed E-state index contributed by atoms with van der Waals surface area (Å²) in [6.45, 7) is 2.71. The molecular formula is C22H25N3O4. The van der Waals surface area contributed by atoms with E-state index >= 15 is 0 Å². The highest BCUT2D eigenvalue weighted by Crippen LogP contribution is 2.30. The number of aromatic nitrogens is 2. The van der Waals surface area contributed by atoms with Gasteiger partial charge >= 0.3 is 0 Å². The first-order valence-electron chi connectivity index (χ1n) is 9.96. The van der Waals surface area contributed by atoms with Gasteiger partial charge in [-0.3, -0.25) is 14.2 Å². The number of amides is 1. The largest absolute Gasteiger partial charge is 0.442 e. The zero-order valence-electron chi connectivity index (χ0n) is 16.7. The number of hydrogen-bond acceptors (Lipinski definition) is 5. The Balaban J connectivity index is 1.67. The first kappa shape index (κ1) is 19.4. The van der Waals surface area contributed by atoms with E-state index in [0.29, 0.717) is 25.3 Å². The summed E-state index contributed by atoms with van der Waals surface area (Å²) in [7, 11) is 1.62. The van der Waals surface area contributed by atoms with Crippen molar-refractivity contribution in [3.8, 4) is 0 Å². The summed E-state index contributed by atoms with van der Waals surface area (Å²) < 4.78 is 12.2. The van der Waals surface area contributed by atoms with E-state index in [4.69, 9.17) is 9.15 Å². The van der Waals surface area contributed by atoms with Crippen LogP contribution in [0.25, 0.3) is 11.1 Å². The Hall–Kier alpha value is -2.93. The molecule has 1 amide bonds. The molecule has 1 aromatic carbocycles. The third kappa shape index (κ3) is 3.70. The summed E-state index contributed by atoms with van der Waals surface area (Å²) in [6, 6.07) is 8.11. The van der Waals surface area contributed by atoms with E-state index < -0.39 is 0 Å². The van der Waals surface area contributed by atoms with Gasteiger partial charge in [-0.1, -0.05) is 24.3 Å². The number of carbonyl (C=O) groups is 1. The summed E-state index contributed by atoms with van der Waals surface area (Å²) in [5.74, 6) is 0.109. The fourth-order valence-corrected chi connectivity index (χ4v) is 4.08. The van der Waals surface area contributed by atoms with Gasteiger partial charge in [0.1, 0.15) is 17.5 Å². The molecule has 0 radical (unpaired) electrons. The van der Waals surface area contributed by atoms with Crippen LogP contribution in [0.3, 0.4) is 0 Å². The van der Waals surface area contributed by atoms with Crippen LogP contribution in [0, 0.1) is 6.92 Å². The van der Waals surface area contributed by atoms with Crippen molar-refractivity contribution < 1.29 is 13.9 Å². The molecule has 0 spiro atoms. The number of aryl methyl sites for hydroxylation is 3. The maximum atomic E-state index is 13.2. The van der Waals surface area contributed by atoms with Crippen LogP contribution in [-0.2, 0) is 17.7 Å². The van der Waals surface area contributed by atoms with Crippen LogP contribution in [-0.4, -0.2) is 29.2 Å². The van der Waals surface area contributed by atoms with Crippen LogP contribution in [0.2, 0.25) is 0 Å². The van der Waals surface area contributed by atoms with Crippen LogP contribution < -0.4 is 10.9 Å². The molecule has 2 heterocycles. The maximum absolute atomic E-state index is 13.2. The minimum atomic E-state index is -0.295. The lowest BCUT2D eigenvalue weighted by Gasteiger charge is -2.26. The number of fused-ring (bicyclic) bond motifs is 2. The minimum Gasteiger partial charge on any atom is -0.442 e. The van der Waals surface area contributed by atoms with Gasteiger partial charge in [-0.05, 0) is 43.7 Å². The Bertz CT molecular complexity index is 1100. The lowest BCUT2D eigenvalue weighted by molar-refractivity contribution is 0.0932. The second-order valence-corrected chi connectivity index (χ2v) is 7.42. The van der Waals surface area contributed by atoms with Gasteiger partial charge in [0.25, 0.3) is 11.5 Å². The first-order valence-corrected chi connectivity index (χ1v) is 9.96. The SMILES string of the molecule is COCCCn1cnc2oc(C)c(C(=O)NC3CCCc4ccccc43)c2c1=O. The normalized spacial score (nSPS) is 16.0. The molecule has 152 valence electrons. The second kappa shape index (κ2) is 8.21. The predicted molar refractivity (Wildman–Crippen MR) is 109 cm³/mol. The molecule has 2 aromatic heterocycles. The lowest BCUT2D eigenvalue weighted by atomic mass is 9.87. The number of ether oxygens (including phenoxy) is 1. The van der Waals surface area contributed by atoms with E-state index in [2.05, 4.69) is 22.4 Å². The van der Waals surface area contributed by atoms with Gasteiger partial charge < -0.3 is 14.5 Å². The Morgan fingerprint density at radius 1 is 1.38 bits per heavy atom. The highest BCUT2D eigenvalue weighted by molar-refractivity contribution is 6.06. The van der Waals surface area contributed by atoms with Crippen molar-refractivity contribution in [1.82, 2.24) is 14.9 Å². The topological polar surface area (TPSA) is 86.4 Å².